The van der Waals surface area contributed by atoms with E-state index in [0.717, 1.165) is 18.3 Å². The lowest BCUT2D eigenvalue weighted by molar-refractivity contribution is 0.411. The summed E-state index contributed by atoms with van der Waals surface area (Å²) in [6.07, 6.45) is 0.875. The van der Waals surface area contributed by atoms with Gasteiger partial charge in [0.25, 0.3) is 10.0 Å². The van der Waals surface area contributed by atoms with Crippen LogP contribution in [-0.4, -0.2) is 20.5 Å². The van der Waals surface area contributed by atoms with Crippen molar-refractivity contribution in [1.29, 1.82) is 10.5 Å². The third-order valence-corrected chi connectivity index (χ3v) is 5.22. The Kier molecular flexibility index (Phi) is 5.81. The normalized spacial score (nSPS) is 10.5. The molecule has 0 atom stereocenters. The Labute approximate surface area is 171 Å². The first-order valence-electron chi connectivity index (χ1n) is 8.31. The molecule has 0 aliphatic heterocycles. The van der Waals surface area contributed by atoms with E-state index in [-0.39, 0.29) is 33.3 Å². The molecule has 3 rings (SSSR count). The van der Waals surface area contributed by atoms with E-state index in [0.29, 0.717) is 5.75 Å². The Hall–Kier alpha value is -4.15. The van der Waals surface area contributed by atoms with Crippen molar-refractivity contribution in [3.8, 4) is 29.4 Å². The number of hydrogen-bond acceptors (Lipinski definition) is 7. The molecule has 0 unspecified atom stereocenters. The number of pyridine rings is 1. The van der Waals surface area contributed by atoms with Crippen molar-refractivity contribution in [2.24, 2.45) is 0 Å². The summed E-state index contributed by atoms with van der Waals surface area (Å²) in [5.74, 6) is 0.0626. The van der Waals surface area contributed by atoms with Gasteiger partial charge in [0.05, 0.1) is 29.3 Å². The van der Waals surface area contributed by atoms with Crippen molar-refractivity contribution in [3.63, 3.8) is 0 Å². The van der Waals surface area contributed by atoms with E-state index in [4.69, 9.17) is 14.7 Å². The number of rotatable bonds is 6. The van der Waals surface area contributed by atoms with Crippen LogP contribution < -0.4 is 14.2 Å². The number of halogens is 1. The fourth-order valence-electron chi connectivity index (χ4n) is 2.45. The molecule has 0 saturated carbocycles. The van der Waals surface area contributed by atoms with Crippen LogP contribution in [-0.2, 0) is 10.0 Å². The first kappa shape index (κ1) is 20.6. The zero-order valence-electron chi connectivity index (χ0n) is 15.5. The summed E-state index contributed by atoms with van der Waals surface area (Å²) in [4.78, 5) is 3.44. The molecule has 0 aliphatic rings. The van der Waals surface area contributed by atoms with Gasteiger partial charge >= 0.3 is 0 Å². The number of hydrogen-bond donors (Lipinski definition) is 1. The summed E-state index contributed by atoms with van der Waals surface area (Å²) in [5, 5.41) is 18.6. The van der Waals surface area contributed by atoms with Crippen LogP contribution >= 0.6 is 0 Å². The van der Waals surface area contributed by atoms with Crippen molar-refractivity contribution in [2.45, 2.75) is 4.90 Å². The van der Waals surface area contributed by atoms with E-state index in [2.05, 4.69) is 9.71 Å². The molecule has 0 aliphatic carbocycles. The highest BCUT2D eigenvalue weighted by molar-refractivity contribution is 7.92. The highest BCUT2D eigenvalue weighted by atomic mass is 32.2. The van der Waals surface area contributed by atoms with Gasteiger partial charge in [0.2, 0.25) is 0 Å². The van der Waals surface area contributed by atoms with Crippen molar-refractivity contribution in [2.75, 3.05) is 11.8 Å². The van der Waals surface area contributed by atoms with Crippen LogP contribution in [0.5, 0.6) is 17.2 Å². The largest absolute Gasteiger partial charge is 0.495 e. The van der Waals surface area contributed by atoms with Crippen LogP contribution in [0.15, 0.2) is 59.6 Å². The van der Waals surface area contributed by atoms with Gasteiger partial charge in [-0.3, -0.25) is 4.72 Å². The molecule has 0 fully saturated rings. The van der Waals surface area contributed by atoms with Crippen molar-refractivity contribution in [1.82, 2.24) is 4.98 Å². The molecule has 2 aromatic carbocycles. The molecule has 10 heteroatoms. The minimum atomic E-state index is -4.07. The Balaban J connectivity index is 1.89. The highest BCUT2D eigenvalue weighted by Gasteiger charge is 2.18. The Morgan fingerprint density at radius 2 is 1.70 bits per heavy atom. The molecule has 8 nitrogen and oxygen atoms in total. The topological polar surface area (TPSA) is 125 Å². The van der Waals surface area contributed by atoms with Gasteiger partial charge in [0.15, 0.2) is 0 Å². The molecule has 0 bridgehead atoms. The minimum Gasteiger partial charge on any atom is -0.495 e. The lowest BCUT2D eigenvalue weighted by Crippen LogP contribution is -2.14. The molecular formula is C20H13FN4O4S. The number of nitriles is 2. The Morgan fingerprint density at radius 3 is 2.33 bits per heavy atom. The fraction of sp³-hybridized carbons (Fsp3) is 0.0500. The SMILES string of the molecule is COc1ccc(Oc2ccc(S(=O)(=O)Nc3ccc(F)cn3)cc2C#N)cc1C#N. The van der Waals surface area contributed by atoms with Gasteiger partial charge in [0.1, 0.15) is 41.0 Å². The standard InChI is InChI=1S/C20H13FN4O4S/c1-28-18-5-3-16(8-13(18)10-22)29-19-6-4-17(9-14(19)11-23)30(26,27)25-20-7-2-15(21)12-24-20/h2-9,12H,1H3,(H,24,25). The molecule has 1 aromatic heterocycles. The van der Waals surface area contributed by atoms with E-state index >= 15 is 0 Å². The number of nitrogens with one attached hydrogen (secondary N) is 1. The third kappa shape index (κ3) is 4.46. The predicted octanol–water partition coefficient (Wildman–Crippen LogP) is 3.57. The van der Waals surface area contributed by atoms with Gasteiger partial charge in [0, 0.05) is 6.07 Å². The van der Waals surface area contributed by atoms with Gasteiger partial charge in [-0.15, -0.1) is 0 Å². The van der Waals surface area contributed by atoms with Crippen LogP contribution in [0.25, 0.3) is 0 Å². The van der Waals surface area contributed by atoms with Crippen LogP contribution in [0.3, 0.4) is 0 Å². The average molecular weight is 424 g/mol. The van der Waals surface area contributed by atoms with Gasteiger partial charge in [-0.2, -0.15) is 10.5 Å². The molecule has 30 heavy (non-hydrogen) atoms. The third-order valence-electron chi connectivity index (χ3n) is 3.87. The maximum Gasteiger partial charge on any atom is 0.263 e. The van der Waals surface area contributed by atoms with Gasteiger partial charge in [-0.25, -0.2) is 17.8 Å². The van der Waals surface area contributed by atoms with Crippen molar-refractivity contribution in [3.05, 3.63) is 71.7 Å². The number of aromatic nitrogens is 1. The van der Waals surface area contributed by atoms with E-state index in [1.807, 2.05) is 12.1 Å². The maximum atomic E-state index is 12.9. The lowest BCUT2D eigenvalue weighted by Gasteiger charge is -2.11. The number of benzene rings is 2. The lowest BCUT2D eigenvalue weighted by atomic mass is 10.2. The van der Waals surface area contributed by atoms with Crippen LogP contribution in [0, 0.1) is 28.5 Å². The Bertz CT molecular complexity index is 1280. The summed E-state index contributed by atoms with van der Waals surface area (Å²) in [5.41, 5.74) is 0.197. The average Bonchev–Trinajstić information content (AvgIpc) is 2.75. The van der Waals surface area contributed by atoms with Crippen LogP contribution in [0.4, 0.5) is 10.2 Å². The van der Waals surface area contributed by atoms with E-state index in [1.165, 1.54) is 31.4 Å². The second-order valence-electron chi connectivity index (χ2n) is 5.81. The van der Waals surface area contributed by atoms with Crippen LogP contribution in [0.1, 0.15) is 11.1 Å². The number of sulfonamides is 1. The zero-order chi connectivity index (χ0) is 21.7. The Morgan fingerprint density at radius 1 is 1.00 bits per heavy atom. The van der Waals surface area contributed by atoms with Crippen LogP contribution in [0.2, 0.25) is 0 Å². The molecule has 0 saturated heterocycles. The van der Waals surface area contributed by atoms with Crippen molar-refractivity contribution >= 4 is 15.8 Å². The summed E-state index contributed by atoms with van der Waals surface area (Å²) in [6.45, 7) is 0. The van der Waals surface area contributed by atoms with Crippen molar-refractivity contribution < 1.29 is 22.3 Å². The smallest absolute Gasteiger partial charge is 0.263 e. The number of methoxy groups -OCH3 is 1. The first-order chi connectivity index (χ1) is 14.4. The maximum absolute atomic E-state index is 12.9. The number of anilines is 1. The summed E-state index contributed by atoms with van der Waals surface area (Å²) in [6, 6.07) is 14.3. The van der Waals surface area contributed by atoms with Gasteiger partial charge < -0.3 is 9.47 Å². The quantitative estimate of drug-likeness (QED) is 0.641. The molecule has 1 heterocycles. The first-order valence-corrected chi connectivity index (χ1v) is 9.79. The van der Waals surface area contributed by atoms with Gasteiger partial charge in [-0.05, 0) is 42.5 Å². The molecular weight excluding hydrogens is 411 g/mol. The predicted molar refractivity (Wildman–Crippen MR) is 104 cm³/mol. The molecule has 150 valence electrons. The second-order valence-corrected chi connectivity index (χ2v) is 7.50. The molecule has 0 spiro atoms. The fourth-order valence-corrected chi connectivity index (χ4v) is 3.48. The monoisotopic (exact) mass is 424 g/mol. The molecule has 1 N–H and O–H groups in total. The summed E-state index contributed by atoms with van der Waals surface area (Å²) < 4.78 is 50.9. The van der Waals surface area contributed by atoms with E-state index < -0.39 is 15.8 Å². The van der Waals surface area contributed by atoms with Gasteiger partial charge in [-0.1, -0.05) is 0 Å². The second kappa shape index (κ2) is 8.47. The number of nitrogens with zero attached hydrogens (tertiary/aromatic N) is 3. The zero-order valence-corrected chi connectivity index (χ0v) is 16.3. The van der Waals surface area contributed by atoms with E-state index in [9.17, 15) is 18.1 Å². The summed E-state index contributed by atoms with van der Waals surface area (Å²) in [7, 11) is -2.64. The number of ether oxygens (including phenoxy) is 2. The van der Waals surface area contributed by atoms with E-state index in [1.54, 1.807) is 12.1 Å². The molecule has 0 radical (unpaired) electrons. The molecule has 3 aromatic rings. The molecule has 0 amide bonds. The summed E-state index contributed by atoms with van der Waals surface area (Å²) >= 11 is 0. The highest BCUT2D eigenvalue weighted by Crippen LogP contribution is 2.30. The minimum absolute atomic E-state index is 0.0423.